The highest BCUT2D eigenvalue weighted by Gasteiger charge is 2.12. The van der Waals surface area contributed by atoms with Crippen molar-refractivity contribution < 1.29 is 9.18 Å². The molecule has 0 aliphatic heterocycles. The predicted molar refractivity (Wildman–Crippen MR) is 102 cm³/mol. The van der Waals surface area contributed by atoms with Gasteiger partial charge in [0.1, 0.15) is 11.6 Å². The number of halogens is 1. The minimum absolute atomic E-state index is 0.151. The molecule has 4 N–H and O–H groups in total. The number of anilines is 4. The summed E-state index contributed by atoms with van der Waals surface area (Å²) in [6, 6.07) is 14.9. The van der Waals surface area contributed by atoms with E-state index in [1.807, 2.05) is 0 Å². The number of aromatic nitrogens is 1. The van der Waals surface area contributed by atoms with E-state index in [2.05, 4.69) is 21.7 Å². The fourth-order valence-electron chi connectivity index (χ4n) is 2.60. The molecule has 7 heteroatoms. The van der Waals surface area contributed by atoms with Crippen LogP contribution in [0.3, 0.4) is 0 Å². The van der Waals surface area contributed by atoms with Crippen LogP contribution in [0, 0.1) is 24.1 Å². The first-order chi connectivity index (χ1) is 12.9. The van der Waals surface area contributed by atoms with E-state index in [1.54, 1.807) is 43.3 Å². The molecule has 1 aromatic heterocycles. The highest BCUT2D eigenvalue weighted by Crippen LogP contribution is 2.25. The molecule has 3 rings (SSSR count). The molecule has 0 saturated carbocycles. The van der Waals surface area contributed by atoms with Gasteiger partial charge in [-0.25, -0.2) is 9.37 Å². The number of carbonyl (C=O) groups excluding carboxylic acids is 1. The average molecular weight is 361 g/mol. The van der Waals surface area contributed by atoms with Gasteiger partial charge in [-0.15, -0.1) is 0 Å². The summed E-state index contributed by atoms with van der Waals surface area (Å²) in [4.78, 5) is 16.1. The van der Waals surface area contributed by atoms with Crippen molar-refractivity contribution in [1.82, 2.24) is 4.98 Å². The number of nitrogens with one attached hydrogen (secondary N) is 2. The molecule has 0 radical (unpaired) electrons. The molecule has 134 valence electrons. The lowest BCUT2D eigenvalue weighted by Crippen LogP contribution is -2.15. The van der Waals surface area contributed by atoms with Crippen molar-refractivity contribution in [2.45, 2.75) is 6.92 Å². The van der Waals surface area contributed by atoms with E-state index in [0.717, 1.165) is 5.56 Å². The maximum Gasteiger partial charge on any atom is 0.252 e. The van der Waals surface area contributed by atoms with Crippen LogP contribution in [0.15, 0.2) is 54.7 Å². The van der Waals surface area contributed by atoms with Crippen molar-refractivity contribution in [3.05, 3.63) is 77.2 Å². The molecule has 0 bridgehead atoms. The van der Waals surface area contributed by atoms with E-state index in [4.69, 9.17) is 11.0 Å². The molecule has 1 amide bonds. The summed E-state index contributed by atoms with van der Waals surface area (Å²) in [5.41, 5.74) is 8.52. The van der Waals surface area contributed by atoms with Crippen LogP contribution >= 0.6 is 0 Å². The van der Waals surface area contributed by atoms with Gasteiger partial charge in [0.25, 0.3) is 5.91 Å². The van der Waals surface area contributed by atoms with Gasteiger partial charge < -0.3 is 16.4 Å². The second kappa shape index (κ2) is 7.54. The number of hydrogen-bond acceptors (Lipinski definition) is 5. The Morgan fingerprint density at radius 1 is 1.11 bits per heavy atom. The molecular weight excluding hydrogens is 345 g/mol. The second-order valence-corrected chi connectivity index (χ2v) is 5.94. The third kappa shape index (κ3) is 4.38. The van der Waals surface area contributed by atoms with Crippen molar-refractivity contribution >= 4 is 28.8 Å². The first kappa shape index (κ1) is 17.9. The van der Waals surface area contributed by atoms with E-state index >= 15 is 0 Å². The third-order valence-corrected chi connectivity index (χ3v) is 3.74. The highest BCUT2D eigenvalue weighted by atomic mass is 19.1. The molecule has 0 aliphatic carbocycles. The number of nitrogens with two attached hydrogens (primary N) is 1. The van der Waals surface area contributed by atoms with Gasteiger partial charge in [0.2, 0.25) is 0 Å². The Morgan fingerprint density at radius 2 is 1.93 bits per heavy atom. The first-order valence-electron chi connectivity index (χ1n) is 8.06. The van der Waals surface area contributed by atoms with Gasteiger partial charge in [0.05, 0.1) is 29.1 Å². The molecule has 2 aromatic carbocycles. The average Bonchev–Trinajstić information content (AvgIpc) is 2.62. The van der Waals surface area contributed by atoms with Crippen molar-refractivity contribution in [3.8, 4) is 6.07 Å². The fourth-order valence-corrected chi connectivity index (χ4v) is 2.60. The second-order valence-electron chi connectivity index (χ2n) is 5.94. The number of nitrogens with zero attached hydrogens (tertiary/aromatic N) is 2. The first-order valence-corrected chi connectivity index (χ1v) is 8.06. The lowest BCUT2D eigenvalue weighted by atomic mass is 10.2. The Kier molecular flexibility index (Phi) is 4.99. The number of nitriles is 1. The number of aryl methyl sites for hydroxylation is 1. The van der Waals surface area contributed by atoms with Crippen molar-refractivity contribution in [1.29, 1.82) is 5.26 Å². The SMILES string of the molecule is Cc1cc(F)cc(Nc2ncc(Nc3cccc(C#N)c3)cc2C(N)=O)c1. The van der Waals surface area contributed by atoms with Crippen molar-refractivity contribution in [2.75, 3.05) is 10.6 Å². The molecule has 0 unspecified atom stereocenters. The van der Waals surface area contributed by atoms with E-state index < -0.39 is 11.7 Å². The lowest BCUT2D eigenvalue weighted by molar-refractivity contribution is 0.100. The number of carbonyl (C=O) groups is 1. The maximum atomic E-state index is 13.6. The van der Waals surface area contributed by atoms with Gasteiger partial charge >= 0.3 is 0 Å². The van der Waals surface area contributed by atoms with Gasteiger partial charge in [-0.3, -0.25) is 4.79 Å². The zero-order valence-electron chi connectivity index (χ0n) is 14.5. The monoisotopic (exact) mass is 361 g/mol. The van der Waals surface area contributed by atoms with Gasteiger partial charge in [0, 0.05) is 11.4 Å². The molecule has 27 heavy (non-hydrogen) atoms. The highest BCUT2D eigenvalue weighted by molar-refractivity contribution is 5.99. The molecular formula is C20H16FN5O. The quantitative estimate of drug-likeness (QED) is 0.637. The molecule has 0 atom stereocenters. The van der Waals surface area contributed by atoms with Gasteiger partial charge in [0.15, 0.2) is 0 Å². The zero-order chi connectivity index (χ0) is 19.4. The minimum atomic E-state index is -0.674. The number of amides is 1. The molecule has 0 spiro atoms. The van der Waals surface area contributed by atoms with Gasteiger partial charge in [-0.05, 0) is 55.0 Å². The summed E-state index contributed by atoms with van der Waals surface area (Å²) < 4.78 is 13.6. The van der Waals surface area contributed by atoms with Crippen LogP contribution in [0.2, 0.25) is 0 Å². The predicted octanol–water partition coefficient (Wildman–Crippen LogP) is 3.99. The van der Waals surface area contributed by atoms with Crippen molar-refractivity contribution in [2.24, 2.45) is 5.73 Å². The van der Waals surface area contributed by atoms with Crippen LogP contribution < -0.4 is 16.4 Å². The van der Waals surface area contributed by atoms with E-state index in [9.17, 15) is 9.18 Å². The van der Waals surface area contributed by atoms with Crippen molar-refractivity contribution in [3.63, 3.8) is 0 Å². The maximum absolute atomic E-state index is 13.6. The number of rotatable bonds is 5. The van der Waals surface area contributed by atoms with Crippen LogP contribution in [0.25, 0.3) is 0 Å². The topological polar surface area (TPSA) is 104 Å². The Balaban J connectivity index is 1.90. The normalized spacial score (nSPS) is 10.1. The van der Waals surface area contributed by atoms with Crippen LogP contribution in [0.4, 0.5) is 27.3 Å². The minimum Gasteiger partial charge on any atom is -0.365 e. The largest absolute Gasteiger partial charge is 0.365 e. The summed E-state index contributed by atoms with van der Waals surface area (Å²) in [7, 11) is 0. The summed E-state index contributed by atoms with van der Waals surface area (Å²) in [5, 5.41) is 15.0. The summed E-state index contributed by atoms with van der Waals surface area (Å²) in [6.45, 7) is 1.76. The van der Waals surface area contributed by atoms with E-state index in [0.29, 0.717) is 22.6 Å². The van der Waals surface area contributed by atoms with E-state index in [-0.39, 0.29) is 11.4 Å². The molecule has 3 aromatic rings. The number of hydrogen-bond donors (Lipinski definition) is 3. The smallest absolute Gasteiger partial charge is 0.252 e. The lowest BCUT2D eigenvalue weighted by Gasteiger charge is -2.13. The molecule has 0 saturated heterocycles. The van der Waals surface area contributed by atoms with Crippen LogP contribution in [-0.4, -0.2) is 10.9 Å². The van der Waals surface area contributed by atoms with Crippen LogP contribution in [0.1, 0.15) is 21.5 Å². The summed E-state index contributed by atoms with van der Waals surface area (Å²) >= 11 is 0. The fraction of sp³-hybridized carbons (Fsp3) is 0.0500. The Morgan fingerprint density at radius 3 is 2.63 bits per heavy atom. The number of pyridine rings is 1. The standard InChI is InChI=1S/C20H16FN5O/c1-12-5-14(21)8-16(6-12)26-20-18(19(23)27)9-17(11-24-20)25-15-4-2-3-13(7-15)10-22/h2-9,11,25H,1H3,(H2,23,27)(H,24,26). The zero-order valence-corrected chi connectivity index (χ0v) is 14.5. The Labute approximate surface area is 155 Å². The van der Waals surface area contributed by atoms with Gasteiger partial charge in [-0.2, -0.15) is 5.26 Å². The Hall–Kier alpha value is -3.92. The van der Waals surface area contributed by atoms with Crippen LogP contribution in [0.5, 0.6) is 0 Å². The summed E-state index contributed by atoms with van der Waals surface area (Å²) in [6.07, 6.45) is 1.51. The number of benzene rings is 2. The third-order valence-electron chi connectivity index (χ3n) is 3.74. The molecule has 6 nitrogen and oxygen atoms in total. The molecule has 0 aliphatic rings. The van der Waals surface area contributed by atoms with Crippen LogP contribution in [-0.2, 0) is 0 Å². The van der Waals surface area contributed by atoms with Gasteiger partial charge in [-0.1, -0.05) is 6.07 Å². The molecule has 1 heterocycles. The number of primary amides is 1. The summed E-state index contributed by atoms with van der Waals surface area (Å²) in [5.74, 6) is -0.842. The Bertz CT molecular complexity index is 1040. The van der Waals surface area contributed by atoms with E-state index in [1.165, 1.54) is 18.3 Å². The molecule has 0 fully saturated rings.